The third-order valence-electron chi connectivity index (χ3n) is 3.83. The number of rotatable bonds is 6. The Morgan fingerprint density at radius 2 is 1.90 bits per heavy atom. The van der Waals surface area contributed by atoms with Crippen LogP contribution >= 0.6 is 12.4 Å². The van der Waals surface area contributed by atoms with Gasteiger partial charge in [0.25, 0.3) is 12.0 Å². The van der Waals surface area contributed by atoms with Gasteiger partial charge in [0.1, 0.15) is 0 Å². The second kappa shape index (κ2) is 9.65. The van der Waals surface area contributed by atoms with Crippen LogP contribution in [0.4, 0.5) is 30.7 Å². The number of alkyl halides is 6. The van der Waals surface area contributed by atoms with E-state index in [1.807, 2.05) is 0 Å². The van der Waals surface area contributed by atoms with Crippen LogP contribution in [0.5, 0.6) is 11.8 Å². The highest BCUT2D eigenvalue weighted by molar-refractivity contribution is 5.85. The molecule has 0 unspecified atom stereocenters. The molecule has 1 aromatic rings. The molecule has 0 aromatic carbocycles. The largest absolute Gasteiger partial charge is 0.481 e. The van der Waals surface area contributed by atoms with Gasteiger partial charge in [-0.05, 0) is 25.5 Å². The predicted molar refractivity (Wildman–Crippen MR) is 87.4 cm³/mol. The smallest absolute Gasteiger partial charge is 0.434 e. The van der Waals surface area contributed by atoms with E-state index in [1.54, 1.807) is 0 Å². The zero-order valence-corrected chi connectivity index (χ0v) is 15.6. The Labute approximate surface area is 166 Å². The van der Waals surface area contributed by atoms with Crippen LogP contribution in [0, 0.1) is 5.82 Å². The van der Waals surface area contributed by atoms with Gasteiger partial charge >= 0.3 is 12.4 Å². The first-order valence-corrected chi connectivity index (χ1v) is 7.98. The van der Waals surface area contributed by atoms with E-state index in [-0.39, 0.29) is 24.5 Å². The van der Waals surface area contributed by atoms with E-state index in [4.69, 9.17) is 4.74 Å². The van der Waals surface area contributed by atoms with E-state index < -0.39 is 48.0 Å². The molecule has 1 fully saturated rings. The summed E-state index contributed by atoms with van der Waals surface area (Å²) in [6.07, 6.45) is -14.5. The third kappa shape index (κ3) is 6.49. The van der Waals surface area contributed by atoms with E-state index in [2.05, 4.69) is 20.4 Å². The van der Waals surface area contributed by atoms with Gasteiger partial charge in [-0.2, -0.15) is 31.3 Å². The van der Waals surface area contributed by atoms with Crippen molar-refractivity contribution in [2.75, 3.05) is 13.7 Å². The molecule has 1 aliphatic rings. The molecule has 6 nitrogen and oxygen atoms in total. The lowest BCUT2D eigenvalue weighted by molar-refractivity contribution is -0.300. The van der Waals surface area contributed by atoms with Crippen LogP contribution in [-0.4, -0.2) is 49.0 Å². The maximum atomic E-state index is 14.0. The lowest BCUT2D eigenvalue weighted by atomic mass is 10.2. The lowest BCUT2D eigenvalue weighted by Crippen LogP contribution is -2.46. The van der Waals surface area contributed by atoms with Crippen molar-refractivity contribution in [2.24, 2.45) is 0 Å². The summed E-state index contributed by atoms with van der Waals surface area (Å²) in [5.74, 6) is -3.97. The summed E-state index contributed by atoms with van der Waals surface area (Å²) in [6, 6.07) is 0.151. The summed E-state index contributed by atoms with van der Waals surface area (Å²) in [4.78, 5) is 15.2. The Morgan fingerprint density at radius 1 is 1.28 bits per heavy atom. The zero-order valence-electron chi connectivity index (χ0n) is 14.8. The van der Waals surface area contributed by atoms with E-state index in [1.165, 1.54) is 0 Å². The Morgan fingerprint density at radius 3 is 2.38 bits per heavy atom. The highest BCUT2D eigenvalue weighted by Gasteiger charge is 2.59. The Balaban J connectivity index is 0.00000420. The van der Waals surface area contributed by atoms with Crippen LogP contribution in [0.15, 0.2) is 6.07 Å². The number of halogens is 8. The summed E-state index contributed by atoms with van der Waals surface area (Å²) < 4.78 is 98.0. The van der Waals surface area contributed by atoms with E-state index in [9.17, 15) is 35.5 Å². The van der Waals surface area contributed by atoms with Gasteiger partial charge in [-0.15, -0.1) is 12.4 Å². The number of pyridine rings is 1. The first-order chi connectivity index (χ1) is 12.9. The topological polar surface area (TPSA) is 72.5 Å². The summed E-state index contributed by atoms with van der Waals surface area (Å²) in [6.45, 7) is 0.357. The highest BCUT2D eigenvalue weighted by atomic mass is 35.5. The lowest BCUT2D eigenvalue weighted by Gasteiger charge is -2.23. The van der Waals surface area contributed by atoms with Crippen LogP contribution in [0.3, 0.4) is 0 Å². The normalized spacial score (nSPS) is 17.1. The van der Waals surface area contributed by atoms with Crippen molar-refractivity contribution in [1.29, 1.82) is 0 Å². The second-order valence-corrected chi connectivity index (χ2v) is 5.89. The fourth-order valence-electron chi connectivity index (χ4n) is 2.52. The molecule has 2 N–H and O–H groups in total. The average molecular weight is 456 g/mol. The highest BCUT2D eigenvalue weighted by Crippen LogP contribution is 2.37. The Bertz CT molecular complexity index is 696. The number of nitrogens with zero attached hydrogens (tertiary/aromatic N) is 1. The molecule has 14 heteroatoms. The number of hydrogen-bond donors (Lipinski definition) is 2. The summed E-state index contributed by atoms with van der Waals surface area (Å²) >= 11 is 0. The molecule has 1 saturated heterocycles. The predicted octanol–water partition coefficient (Wildman–Crippen LogP) is 2.89. The summed E-state index contributed by atoms with van der Waals surface area (Å²) in [7, 11) is 1.03. The quantitative estimate of drug-likeness (QED) is 0.645. The minimum Gasteiger partial charge on any atom is -0.481 e. The van der Waals surface area contributed by atoms with Crippen molar-refractivity contribution in [3.63, 3.8) is 0 Å². The fraction of sp³-hybridized carbons (Fsp3) is 0.600. The standard InChI is InChI=1S/C15H16F7N3O3.ClH/c1-27-11-7(6-24-10(26)9-3-2-4-23-9)5-8(16)12(25-11)28-13(14(17,18)19)15(20,21)22;/h5,9,13,23H,2-4,6H2,1H3,(H,24,26);1H/t9-;/m0./s1. The van der Waals surface area contributed by atoms with Gasteiger partial charge in [0.15, 0.2) is 5.82 Å². The van der Waals surface area contributed by atoms with Crippen LogP contribution in [0.1, 0.15) is 18.4 Å². The maximum Gasteiger partial charge on any atom is 0.434 e. The van der Waals surface area contributed by atoms with Crippen LogP contribution in [0.25, 0.3) is 0 Å². The maximum absolute atomic E-state index is 14.0. The second-order valence-electron chi connectivity index (χ2n) is 5.89. The number of nitrogens with one attached hydrogen (secondary N) is 2. The number of hydrogen-bond acceptors (Lipinski definition) is 5. The van der Waals surface area contributed by atoms with Gasteiger partial charge < -0.3 is 20.1 Å². The molecular formula is C15H17ClF7N3O3. The van der Waals surface area contributed by atoms with Gasteiger partial charge in [0.2, 0.25) is 11.8 Å². The first kappa shape index (κ1) is 25.0. The molecule has 1 atom stereocenters. The third-order valence-corrected chi connectivity index (χ3v) is 3.83. The van der Waals surface area contributed by atoms with Gasteiger partial charge in [0, 0.05) is 12.1 Å². The number of ether oxygens (including phenoxy) is 2. The van der Waals surface area contributed by atoms with Crippen molar-refractivity contribution in [2.45, 2.75) is 43.9 Å². The van der Waals surface area contributed by atoms with Gasteiger partial charge in [-0.25, -0.2) is 4.39 Å². The molecule has 29 heavy (non-hydrogen) atoms. The van der Waals surface area contributed by atoms with Gasteiger partial charge in [-0.1, -0.05) is 0 Å². The number of carbonyl (C=O) groups excluding carboxylic acids is 1. The summed E-state index contributed by atoms with van der Waals surface area (Å²) in [5.41, 5.74) is -0.0886. The van der Waals surface area contributed by atoms with Crippen molar-refractivity contribution >= 4 is 18.3 Å². The zero-order chi connectivity index (χ0) is 21.1. The van der Waals surface area contributed by atoms with Crippen LogP contribution in [0.2, 0.25) is 0 Å². The molecule has 1 aromatic heterocycles. The van der Waals surface area contributed by atoms with Crippen LogP contribution in [-0.2, 0) is 11.3 Å². The molecule has 0 saturated carbocycles. The van der Waals surface area contributed by atoms with Crippen molar-refractivity contribution < 1.29 is 45.0 Å². The number of methoxy groups -OCH3 is 1. The van der Waals surface area contributed by atoms with Crippen molar-refractivity contribution in [3.8, 4) is 11.8 Å². The molecular weight excluding hydrogens is 439 g/mol. The molecule has 0 radical (unpaired) electrons. The van der Waals surface area contributed by atoms with Crippen LogP contribution < -0.4 is 20.1 Å². The Hall–Kier alpha value is -2.02. The van der Waals surface area contributed by atoms with E-state index >= 15 is 0 Å². The van der Waals surface area contributed by atoms with E-state index in [0.29, 0.717) is 19.0 Å². The fourth-order valence-corrected chi connectivity index (χ4v) is 2.52. The molecule has 1 aliphatic heterocycles. The van der Waals surface area contributed by atoms with Crippen molar-refractivity contribution in [1.82, 2.24) is 15.6 Å². The molecule has 0 aliphatic carbocycles. The van der Waals surface area contributed by atoms with Gasteiger partial charge in [-0.3, -0.25) is 4.79 Å². The van der Waals surface area contributed by atoms with Gasteiger partial charge in [0.05, 0.1) is 13.2 Å². The van der Waals surface area contributed by atoms with E-state index in [0.717, 1.165) is 13.5 Å². The average Bonchev–Trinajstić information content (AvgIpc) is 3.11. The summed E-state index contributed by atoms with van der Waals surface area (Å²) in [5, 5.41) is 5.39. The minimum absolute atomic E-state index is 0. The monoisotopic (exact) mass is 455 g/mol. The van der Waals surface area contributed by atoms with Crippen molar-refractivity contribution in [3.05, 3.63) is 17.4 Å². The number of aromatic nitrogens is 1. The minimum atomic E-state index is -5.83. The molecule has 166 valence electrons. The molecule has 2 heterocycles. The molecule has 2 rings (SSSR count). The Kier molecular flexibility index (Phi) is 8.33. The first-order valence-electron chi connectivity index (χ1n) is 7.98. The number of amides is 1. The molecule has 0 spiro atoms. The number of carbonyl (C=O) groups is 1. The molecule has 0 bridgehead atoms. The molecule has 1 amide bonds. The SMILES string of the molecule is COc1nc(OC(C(F)(F)F)C(F)(F)F)c(F)cc1CNC(=O)[C@@H]1CCCN1.Cl.